The quantitative estimate of drug-likeness (QED) is 0.354. The van der Waals surface area contributed by atoms with Gasteiger partial charge in [-0.05, 0) is 74.9 Å². The highest BCUT2D eigenvalue weighted by Crippen LogP contribution is 2.24. The van der Waals surface area contributed by atoms with Crippen molar-refractivity contribution in [3.63, 3.8) is 0 Å². The molecule has 0 fully saturated rings. The maximum Gasteiger partial charge on any atom is 0.179 e. The number of rotatable bonds is 11. The van der Waals surface area contributed by atoms with Crippen molar-refractivity contribution >= 4 is 0 Å². The van der Waals surface area contributed by atoms with E-state index in [1.807, 2.05) is 39.0 Å². The van der Waals surface area contributed by atoms with Gasteiger partial charge >= 0.3 is 0 Å². The summed E-state index contributed by atoms with van der Waals surface area (Å²) in [6, 6.07) is 27.5. The van der Waals surface area contributed by atoms with Gasteiger partial charge in [-0.2, -0.15) is 0 Å². The van der Waals surface area contributed by atoms with Crippen LogP contribution >= 0.6 is 0 Å². The Morgan fingerprint density at radius 3 is 2.09 bits per heavy atom. The van der Waals surface area contributed by atoms with Crippen LogP contribution in [0.4, 0.5) is 0 Å². The minimum absolute atomic E-state index is 0.247. The fourth-order valence-corrected chi connectivity index (χ4v) is 3.51. The van der Waals surface area contributed by atoms with E-state index >= 15 is 0 Å². The van der Waals surface area contributed by atoms with Crippen molar-refractivity contribution < 1.29 is 9.47 Å². The molecule has 0 aliphatic heterocycles. The van der Waals surface area contributed by atoms with E-state index in [-0.39, 0.29) is 5.60 Å². The van der Waals surface area contributed by atoms with Crippen LogP contribution in [-0.2, 0) is 30.6 Å². The predicted octanol–water partition coefficient (Wildman–Crippen LogP) is 6.47. The van der Waals surface area contributed by atoms with E-state index < -0.39 is 0 Å². The molecule has 0 saturated carbocycles. The normalized spacial score (nSPS) is 11.1. The predicted molar refractivity (Wildman–Crippen MR) is 133 cm³/mol. The van der Waals surface area contributed by atoms with Crippen LogP contribution in [0.25, 0.3) is 0 Å². The first-order chi connectivity index (χ1) is 15.4. The average molecular weight is 430 g/mol. The third-order valence-electron chi connectivity index (χ3n) is 5.06. The first kappa shape index (κ1) is 23.5. The van der Waals surface area contributed by atoms with Crippen LogP contribution in [0.2, 0.25) is 0 Å². The van der Waals surface area contributed by atoms with Crippen molar-refractivity contribution in [2.45, 2.75) is 52.2 Å². The summed E-state index contributed by atoms with van der Waals surface area (Å²) < 4.78 is 12.0. The Bertz CT molecular complexity index is 975. The lowest BCUT2D eigenvalue weighted by molar-refractivity contribution is 0.0417. The van der Waals surface area contributed by atoms with Crippen molar-refractivity contribution in [3.05, 3.63) is 114 Å². The lowest BCUT2D eigenvalue weighted by Gasteiger charge is -2.23. The molecule has 0 bridgehead atoms. The summed E-state index contributed by atoms with van der Waals surface area (Å²) in [4.78, 5) is 0. The van der Waals surface area contributed by atoms with Gasteiger partial charge in [0.05, 0.1) is 0 Å². The monoisotopic (exact) mass is 429 g/mol. The highest BCUT2D eigenvalue weighted by molar-refractivity contribution is 5.39. The molecular weight excluding hydrogens is 394 g/mol. The van der Waals surface area contributed by atoms with Crippen molar-refractivity contribution in [3.8, 4) is 5.75 Å². The molecule has 3 aromatic carbocycles. The van der Waals surface area contributed by atoms with Crippen LogP contribution in [-0.4, -0.2) is 12.1 Å². The molecule has 3 rings (SSSR count). The van der Waals surface area contributed by atoms with Gasteiger partial charge in [0.1, 0.15) is 18.0 Å². The highest BCUT2D eigenvalue weighted by Gasteiger charge is 2.12. The zero-order valence-corrected chi connectivity index (χ0v) is 19.6. The van der Waals surface area contributed by atoms with Crippen LogP contribution in [0, 0.1) is 0 Å². The number of hydrogen-bond donors (Lipinski definition) is 1. The smallest absolute Gasteiger partial charge is 0.179 e. The second-order valence-corrected chi connectivity index (χ2v) is 9.02. The van der Waals surface area contributed by atoms with Gasteiger partial charge in [-0.25, -0.2) is 0 Å². The van der Waals surface area contributed by atoms with E-state index in [0.29, 0.717) is 12.5 Å². The fraction of sp³-hybridized carbons (Fsp3) is 0.310. The molecule has 3 aromatic rings. The van der Waals surface area contributed by atoms with E-state index in [0.717, 1.165) is 31.6 Å². The van der Waals surface area contributed by atoms with Crippen LogP contribution in [0.1, 0.15) is 43.0 Å². The lowest BCUT2D eigenvalue weighted by Crippen LogP contribution is -2.26. The average Bonchev–Trinajstić information content (AvgIpc) is 2.77. The first-order valence-electron chi connectivity index (χ1n) is 11.3. The zero-order valence-electron chi connectivity index (χ0n) is 19.6. The number of nitrogens with one attached hydrogen (secondary N) is 1. The lowest BCUT2D eigenvalue weighted by atomic mass is 10.0. The molecule has 0 spiro atoms. The molecule has 0 atom stereocenters. The molecule has 0 unspecified atom stereocenters. The minimum atomic E-state index is -0.247. The van der Waals surface area contributed by atoms with E-state index in [4.69, 9.17) is 9.47 Å². The molecular formula is C29H35NO2. The number of benzene rings is 3. The zero-order chi connectivity index (χ0) is 22.8. The molecule has 0 aliphatic rings. The molecule has 0 heterocycles. The molecule has 32 heavy (non-hydrogen) atoms. The van der Waals surface area contributed by atoms with Gasteiger partial charge in [-0.1, -0.05) is 72.8 Å². The van der Waals surface area contributed by atoms with Crippen LogP contribution in [0.15, 0.2) is 91.3 Å². The second kappa shape index (κ2) is 11.4. The summed E-state index contributed by atoms with van der Waals surface area (Å²) in [6.45, 7) is 11.3. The van der Waals surface area contributed by atoms with E-state index in [2.05, 4.69) is 72.6 Å². The van der Waals surface area contributed by atoms with Gasteiger partial charge in [-0.15, -0.1) is 0 Å². The van der Waals surface area contributed by atoms with Crippen molar-refractivity contribution in [1.82, 2.24) is 5.32 Å². The molecule has 1 N–H and O–H groups in total. The third kappa shape index (κ3) is 8.14. The molecule has 3 heteroatoms. The van der Waals surface area contributed by atoms with Gasteiger partial charge in [0.2, 0.25) is 0 Å². The SMILES string of the molecule is C=C(NCCc1ccc(CCc2ccccc2)c(OCc2ccccc2)c1)OC(C)(C)C. The number of aryl methyl sites for hydroxylation is 2. The molecule has 0 saturated heterocycles. The number of hydrogen-bond acceptors (Lipinski definition) is 3. The maximum absolute atomic E-state index is 6.28. The highest BCUT2D eigenvalue weighted by atomic mass is 16.5. The Kier molecular flexibility index (Phi) is 8.38. The van der Waals surface area contributed by atoms with Gasteiger partial charge in [0, 0.05) is 6.54 Å². The third-order valence-corrected chi connectivity index (χ3v) is 5.06. The summed E-state index contributed by atoms with van der Waals surface area (Å²) >= 11 is 0. The summed E-state index contributed by atoms with van der Waals surface area (Å²) in [6.07, 6.45) is 2.81. The van der Waals surface area contributed by atoms with Crippen molar-refractivity contribution in [2.24, 2.45) is 0 Å². The van der Waals surface area contributed by atoms with Gasteiger partial charge in [-0.3, -0.25) is 0 Å². The van der Waals surface area contributed by atoms with Gasteiger partial charge < -0.3 is 14.8 Å². The maximum atomic E-state index is 6.28. The van der Waals surface area contributed by atoms with Crippen LogP contribution in [0.5, 0.6) is 5.75 Å². The Labute approximate surface area is 193 Å². The van der Waals surface area contributed by atoms with E-state index in [1.165, 1.54) is 22.3 Å². The minimum Gasteiger partial charge on any atom is -0.489 e. The summed E-state index contributed by atoms with van der Waals surface area (Å²) in [5.41, 5.74) is 4.73. The van der Waals surface area contributed by atoms with Crippen LogP contribution in [0.3, 0.4) is 0 Å². The largest absolute Gasteiger partial charge is 0.489 e. The Morgan fingerprint density at radius 2 is 1.44 bits per heavy atom. The number of ether oxygens (including phenoxy) is 2. The summed E-state index contributed by atoms with van der Waals surface area (Å²) in [5.74, 6) is 1.57. The molecule has 168 valence electrons. The van der Waals surface area contributed by atoms with Crippen molar-refractivity contribution in [2.75, 3.05) is 6.54 Å². The molecule has 0 aromatic heterocycles. The standard InChI is InChI=1S/C29H35NO2/c1-23(32-29(2,3)4)30-20-19-25-16-18-27(17-15-24-11-7-5-8-12-24)28(21-25)31-22-26-13-9-6-10-14-26/h5-14,16,18,21,30H,1,15,17,19-20,22H2,2-4H3. The Hall–Kier alpha value is -3.20. The Morgan fingerprint density at radius 1 is 0.781 bits per heavy atom. The van der Waals surface area contributed by atoms with Crippen LogP contribution < -0.4 is 10.1 Å². The molecule has 0 amide bonds. The fourth-order valence-electron chi connectivity index (χ4n) is 3.51. The topological polar surface area (TPSA) is 30.5 Å². The molecule has 3 nitrogen and oxygen atoms in total. The van der Waals surface area contributed by atoms with E-state index in [9.17, 15) is 0 Å². The summed E-state index contributed by atoms with van der Waals surface area (Å²) in [7, 11) is 0. The van der Waals surface area contributed by atoms with Gasteiger partial charge in [0.15, 0.2) is 5.88 Å². The van der Waals surface area contributed by atoms with Crippen molar-refractivity contribution in [1.29, 1.82) is 0 Å². The molecule has 0 radical (unpaired) electrons. The molecule has 0 aliphatic carbocycles. The van der Waals surface area contributed by atoms with Gasteiger partial charge in [0.25, 0.3) is 0 Å². The van der Waals surface area contributed by atoms with E-state index in [1.54, 1.807) is 0 Å². The second-order valence-electron chi connectivity index (χ2n) is 9.02. The summed E-state index contributed by atoms with van der Waals surface area (Å²) in [5, 5.41) is 3.27. The first-order valence-corrected chi connectivity index (χ1v) is 11.3. The Balaban J connectivity index is 1.65.